The van der Waals surface area contributed by atoms with Crippen LogP contribution in [0.4, 0.5) is 10.3 Å². The van der Waals surface area contributed by atoms with Crippen molar-refractivity contribution in [3.63, 3.8) is 0 Å². The number of hydrogen-bond acceptors (Lipinski definition) is 6. The predicted molar refractivity (Wildman–Crippen MR) is 92.1 cm³/mol. The van der Waals surface area contributed by atoms with Crippen LogP contribution in [0.25, 0.3) is 0 Å². The summed E-state index contributed by atoms with van der Waals surface area (Å²) in [6.45, 7) is 1.79. The highest BCUT2D eigenvalue weighted by molar-refractivity contribution is 5.94. The number of nitrogens with one attached hydrogen (secondary N) is 1. The summed E-state index contributed by atoms with van der Waals surface area (Å²) in [7, 11) is 0. The van der Waals surface area contributed by atoms with Crippen molar-refractivity contribution in [3.05, 3.63) is 48.3 Å². The predicted octanol–water partition coefficient (Wildman–Crippen LogP) is 1.89. The van der Waals surface area contributed by atoms with E-state index in [-0.39, 0.29) is 17.6 Å². The number of carbonyl (C=O) groups excluding carboxylic acids is 1. The first-order valence-electron chi connectivity index (χ1n) is 8.71. The van der Waals surface area contributed by atoms with Crippen molar-refractivity contribution in [2.75, 3.05) is 25.0 Å². The highest BCUT2D eigenvalue weighted by atomic mass is 19.1. The summed E-state index contributed by atoms with van der Waals surface area (Å²) in [5, 5.41) is 3.19. The van der Waals surface area contributed by atoms with E-state index in [2.05, 4.69) is 20.3 Å². The van der Waals surface area contributed by atoms with Crippen LogP contribution in [0, 0.1) is 5.82 Å². The van der Waals surface area contributed by atoms with Crippen LogP contribution in [0.2, 0.25) is 0 Å². The summed E-state index contributed by atoms with van der Waals surface area (Å²) >= 11 is 0. The molecule has 1 amide bonds. The Morgan fingerprint density at radius 2 is 2.19 bits per heavy atom. The maximum absolute atomic E-state index is 12.9. The van der Waals surface area contributed by atoms with Gasteiger partial charge < -0.3 is 15.0 Å². The van der Waals surface area contributed by atoms with Crippen LogP contribution in [0.5, 0.6) is 0 Å². The van der Waals surface area contributed by atoms with Gasteiger partial charge in [-0.25, -0.2) is 14.4 Å². The van der Waals surface area contributed by atoms with Gasteiger partial charge in [0.1, 0.15) is 0 Å². The maximum Gasteiger partial charge on any atom is 0.255 e. The average Bonchev–Trinajstić information content (AvgIpc) is 3.05. The molecule has 2 aliphatic rings. The summed E-state index contributed by atoms with van der Waals surface area (Å²) < 4.78 is 19.0. The van der Waals surface area contributed by atoms with E-state index in [0.29, 0.717) is 24.7 Å². The molecule has 4 heterocycles. The second-order valence-corrected chi connectivity index (χ2v) is 6.84. The molecule has 8 heteroatoms. The summed E-state index contributed by atoms with van der Waals surface area (Å²) in [4.78, 5) is 26.4. The van der Waals surface area contributed by atoms with Crippen LogP contribution in [-0.2, 0) is 4.74 Å². The van der Waals surface area contributed by atoms with E-state index in [0.717, 1.165) is 38.2 Å². The van der Waals surface area contributed by atoms with Crippen molar-refractivity contribution < 1.29 is 13.9 Å². The number of ether oxygens (including phenoxy) is 1. The van der Waals surface area contributed by atoms with Gasteiger partial charge in [0.2, 0.25) is 5.95 Å². The zero-order valence-corrected chi connectivity index (χ0v) is 14.3. The van der Waals surface area contributed by atoms with E-state index in [1.807, 2.05) is 4.90 Å². The van der Waals surface area contributed by atoms with Crippen LogP contribution in [0.15, 0.2) is 36.9 Å². The topological polar surface area (TPSA) is 80.2 Å². The van der Waals surface area contributed by atoms with Crippen molar-refractivity contribution in [3.8, 4) is 0 Å². The number of hydrogen-bond donors (Lipinski definition) is 1. The van der Waals surface area contributed by atoms with Gasteiger partial charge in [0, 0.05) is 25.4 Å². The van der Waals surface area contributed by atoms with Crippen molar-refractivity contribution in [2.24, 2.45) is 0 Å². The van der Waals surface area contributed by atoms with Crippen LogP contribution in [0.1, 0.15) is 29.6 Å². The Labute approximate surface area is 150 Å². The minimum absolute atomic E-state index is 0.0148. The van der Waals surface area contributed by atoms with Crippen LogP contribution < -0.4 is 5.32 Å². The first-order chi connectivity index (χ1) is 12.6. The monoisotopic (exact) mass is 357 g/mol. The number of pyridine rings is 1. The molecular weight excluding hydrogens is 337 g/mol. The fourth-order valence-electron chi connectivity index (χ4n) is 3.73. The van der Waals surface area contributed by atoms with Gasteiger partial charge in [-0.1, -0.05) is 0 Å². The molecule has 0 aliphatic carbocycles. The molecule has 4 rings (SSSR count). The van der Waals surface area contributed by atoms with Gasteiger partial charge in [0.15, 0.2) is 5.82 Å². The lowest BCUT2D eigenvalue weighted by Gasteiger charge is -2.39. The van der Waals surface area contributed by atoms with E-state index < -0.39 is 5.82 Å². The lowest BCUT2D eigenvalue weighted by Crippen LogP contribution is -2.50. The summed E-state index contributed by atoms with van der Waals surface area (Å²) in [5.41, 5.74) is 0.241. The molecule has 2 aromatic heterocycles. The quantitative estimate of drug-likeness (QED) is 0.904. The lowest BCUT2D eigenvalue weighted by molar-refractivity contribution is -0.0447. The lowest BCUT2D eigenvalue weighted by atomic mass is 9.88. The SMILES string of the molecule is O=C(c1cccnc1)N1CCC[C@@]2(C[C@@H](Nc3ncc(F)cn3)CO2)C1. The first-order valence-corrected chi connectivity index (χ1v) is 8.71. The molecule has 0 bridgehead atoms. The second-order valence-electron chi connectivity index (χ2n) is 6.84. The molecule has 0 radical (unpaired) electrons. The van der Waals surface area contributed by atoms with E-state index >= 15 is 0 Å². The van der Waals surface area contributed by atoms with Gasteiger partial charge >= 0.3 is 0 Å². The molecule has 2 aromatic rings. The molecule has 2 fully saturated rings. The highest BCUT2D eigenvalue weighted by Crippen LogP contribution is 2.35. The Bertz CT molecular complexity index is 773. The van der Waals surface area contributed by atoms with Gasteiger partial charge in [-0.05, 0) is 25.0 Å². The number of rotatable bonds is 3. The number of likely N-dealkylation sites (tertiary alicyclic amines) is 1. The van der Waals surface area contributed by atoms with Crippen LogP contribution >= 0.6 is 0 Å². The molecule has 0 saturated carbocycles. The van der Waals surface area contributed by atoms with Gasteiger partial charge in [-0.3, -0.25) is 9.78 Å². The number of aromatic nitrogens is 3. The smallest absolute Gasteiger partial charge is 0.255 e. The van der Waals surface area contributed by atoms with Crippen LogP contribution in [-0.4, -0.2) is 57.1 Å². The molecule has 2 aliphatic heterocycles. The third kappa shape index (κ3) is 3.50. The Morgan fingerprint density at radius 3 is 2.96 bits per heavy atom. The van der Waals surface area contributed by atoms with Gasteiger partial charge in [-0.15, -0.1) is 0 Å². The molecule has 1 N–H and O–H groups in total. The number of nitrogens with zero attached hydrogens (tertiary/aromatic N) is 4. The molecule has 2 atom stereocenters. The Hall–Kier alpha value is -2.61. The molecule has 0 aromatic carbocycles. The second kappa shape index (κ2) is 6.95. The van der Waals surface area contributed by atoms with E-state index in [1.54, 1.807) is 24.5 Å². The van der Waals surface area contributed by atoms with E-state index in [1.165, 1.54) is 0 Å². The largest absolute Gasteiger partial charge is 0.371 e. The normalized spacial score (nSPS) is 25.4. The molecule has 26 heavy (non-hydrogen) atoms. The summed E-state index contributed by atoms with van der Waals surface area (Å²) in [5.74, 6) is -0.0956. The molecule has 136 valence electrons. The van der Waals surface area contributed by atoms with Crippen molar-refractivity contribution >= 4 is 11.9 Å². The van der Waals surface area contributed by atoms with Crippen molar-refractivity contribution in [2.45, 2.75) is 30.9 Å². The van der Waals surface area contributed by atoms with Crippen molar-refractivity contribution in [1.82, 2.24) is 19.9 Å². The fraction of sp³-hybridized carbons (Fsp3) is 0.444. The number of amides is 1. The zero-order chi connectivity index (χ0) is 18.0. The molecule has 0 unspecified atom stereocenters. The maximum atomic E-state index is 12.9. The van der Waals surface area contributed by atoms with Gasteiger partial charge in [0.05, 0.1) is 42.8 Å². The van der Waals surface area contributed by atoms with E-state index in [9.17, 15) is 9.18 Å². The summed E-state index contributed by atoms with van der Waals surface area (Å²) in [6, 6.07) is 3.58. The fourth-order valence-corrected chi connectivity index (χ4v) is 3.73. The third-order valence-electron chi connectivity index (χ3n) is 4.90. The third-order valence-corrected chi connectivity index (χ3v) is 4.90. The Morgan fingerprint density at radius 1 is 1.35 bits per heavy atom. The number of piperidine rings is 1. The summed E-state index contributed by atoms with van der Waals surface area (Å²) in [6.07, 6.45) is 8.08. The molecule has 2 saturated heterocycles. The highest BCUT2D eigenvalue weighted by Gasteiger charge is 2.44. The Balaban J connectivity index is 1.41. The minimum Gasteiger partial charge on any atom is -0.371 e. The van der Waals surface area contributed by atoms with Gasteiger partial charge in [-0.2, -0.15) is 0 Å². The number of carbonyl (C=O) groups is 1. The van der Waals surface area contributed by atoms with E-state index in [4.69, 9.17) is 4.74 Å². The molecular formula is C18H20FN5O2. The standard InChI is InChI=1S/C18H20FN5O2/c19-14-9-21-17(22-10-14)23-15-7-18(26-11-15)4-2-6-24(12-18)16(25)13-3-1-5-20-8-13/h1,3,5,8-10,15H,2,4,6-7,11-12H2,(H,21,22,23)/t15-,18-/m1/s1. The molecule has 7 nitrogen and oxygen atoms in total. The van der Waals surface area contributed by atoms with Crippen LogP contribution in [0.3, 0.4) is 0 Å². The van der Waals surface area contributed by atoms with Gasteiger partial charge in [0.25, 0.3) is 5.91 Å². The first kappa shape index (κ1) is 16.8. The van der Waals surface area contributed by atoms with Crippen molar-refractivity contribution in [1.29, 1.82) is 0 Å². The zero-order valence-electron chi connectivity index (χ0n) is 14.3. The minimum atomic E-state index is -0.466. The number of anilines is 1. The average molecular weight is 357 g/mol. The number of halogens is 1. The Kier molecular flexibility index (Phi) is 4.50. The molecule has 1 spiro atoms.